The summed E-state index contributed by atoms with van der Waals surface area (Å²) in [6.45, 7) is -3.01. The van der Waals surface area contributed by atoms with Crippen LogP contribution in [0.1, 0.15) is 83.1 Å². The van der Waals surface area contributed by atoms with Gasteiger partial charge in [0.1, 0.15) is 22.2 Å². The molecule has 3 fully saturated rings. The number of halogens is 4. The van der Waals surface area contributed by atoms with E-state index in [1.165, 1.54) is 36.4 Å². The molecule has 2 saturated heterocycles. The third kappa shape index (κ3) is 9.34. The molecular formula is C41H41Cl2F2N3O9S. The van der Waals surface area contributed by atoms with Crippen molar-refractivity contribution < 1.29 is 56.0 Å². The lowest BCUT2D eigenvalue weighted by molar-refractivity contribution is -0.904. The number of benzene rings is 3. The normalized spacial score (nSPS) is 20.4. The summed E-state index contributed by atoms with van der Waals surface area (Å²) >= 11 is 13.1. The summed E-state index contributed by atoms with van der Waals surface area (Å²) in [5, 5.41) is 22.9. The van der Waals surface area contributed by atoms with Gasteiger partial charge in [0.2, 0.25) is 22.4 Å². The van der Waals surface area contributed by atoms with Gasteiger partial charge in [0.25, 0.3) is 0 Å². The molecule has 3 heterocycles. The molecule has 1 saturated carbocycles. The van der Waals surface area contributed by atoms with Crippen LogP contribution in [0.2, 0.25) is 10.0 Å². The van der Waals surface area contributed by atoms with E-state index in [4.69, 9.17) is 37.4 Å². The Bertz CT molecular complexity index is 2250. The van der Waals surface area contributed by atoms with Crippen LogP contribution in [0.5, 0.6) is 11.5 Å². The fourth-order valence-corrected chi connectivity index (χ4v) is 10.1. The van der Waals surface area contributed by atoms with E-state index < -0.39 is 57.1 Å². The summed E-state index contributed by atoms with van der Waals surface area (Å²) < 4.78 is 76.5. The minimum absolute atomic E-state index is 0.0504. The number of carboxylic acid groups (broad SMARTS) is 1. The molecule has 0 radical (unpaired) electrons. The van der Waals surface area contributed by atoms with Gasteiger partial charge in [-0.05, 0) is 92.8 Å². The molecule has 3 unspecified atom stereocenters. The highest BCUT2D eigenvalue weighted by molar-refractivity contribution is 7.89. The first-order valence-electron chi connectivity index (χ1n) is 18.8. The average Bonchev–Trinajstić information content (AvgIpc) is 3.98. The molecule has 7 rings (SSSR count). The van der Waals surface area contributed by atoms with Gasteiger partial charge in [-0.15, -0.1) is 0 Å². The first kappa shape index (κ1) is 41.6. The predicted octanol–water partition coefficient (Wildman–Crippen LogP) is 5.83. The second-order valence-corrected chi connectivity index (χ2v) is 17.5. The third-order valence-electron chi connectivity index (χ3n) is 11.1. The van der Waals surface area contributed by atoms with E-state index in [2.05, 4.69) is 9.62 Å². The van der Waals surface area contributed by atoms with E-state index in [0.717, 1.165) is 38.1 Å². The summed E-state index contributed by atoms with van der Waals surface area (Å²) in [5.74, 6) is -3.99. The maximum absolute atomic E-state index is 14.8. The highest BCUT2D eigenvalue weighted by atomic mass is 35.5. The topological polar surface area (TPSA) is 158 Å². The molecule has 1 aromatic heterocycles. The van der Waals surface area contributed by atoms with Crippen LogP contribution in [-0.4, -0.2) is 68.9 Å². The Morgan fingerprint density at radius 1 is 0.948 bits per heavy atom. The molecule has 12 nitrogen and oxygen atoms in total. The van der Waals surface area contributed by atoms with Crippen molar-refractivity contribution in [3.05, 3.63) is 117 Å². The molecule has 2 bridgehead atoms. The van der Waals surface area contributed by atoms with Crippen molar-refractivity contribution in [1.82, 2.24) is 9.62 Å². The molecule has 0 amide bonds. The number of carboxylic acids is 1. The molecule has 1 aliphatic carbocycles. The van der Waals surface area contributed by atoms with Gasteiger partial charge in [0, 0.05) is 33.9 Å². The molecular weight excluding hydrogens is 819 g/mol. The van der Waals surface area contributed by atoms with Crippen molar-refractivity contribution in [3.8, 4) is 11.5 Å². The zero-order chi connectivity index (χ0) is 41.3. The van der Waals surface area contributed by atoms with Crippen LogP contribution < -0.4 is 24.0 Å². The van der Waals surface area contributed by atoms with Gasteiger partial charge in [-0.2, -0.15) is 13.5 Å². The number of nitrogens with zero attached hydrogens (tertiary/aromatic N) is 2. The SMILES string of the molecule is CN1C2CCC1CC(OC(=O)C(NS(=O)(=O)c1cccc(C(=O)[O-])c1[C@@H](Cc1c(Cl)c[n+](O)cc1Cl)c1ccc(OC(F)F)c(OCC3CC3)c1)c1ccccc1)C2. The van der Waals surface area contributed by atoms with Crippen molar-refractivity contribution >= 4 is 45.2 Å². The quantitative estimate of drug-likeness (QED) is 0.0798. The van der Waals surface area contributed by atoms with Gasteiger partial charge in [0.15, 0.2) is 11.5 Å². The Morgan fingerprint density at radius 2 is 1.62 bits per heavy atom. The van der Waals surface area contributed by atoms with E-state index in [-0.39, 0.29) is 74.8 Å². The number of aromatic nitrogens is 1. The minimum atomic E-state index is -4.83. The number of sulfonamides is 1. The molecule has 58 heavy (non-hydrogen) atoms. The van der Waals surface area contributed by atoms with Crippen LogP contribution >= 0.6 is 23.2 Å². The summed E-state index contributed by atoms with van der Waals surface area (Å²) in [6.07, 6.45) is 6.46. The number of ether oxygens (including phenoxy) is 3. The second-order valence-electron chi connectivity index (χ2n) is 15.0. The fourth-order valence-electron chi connectivity index (χ4n) is 7.99. The summed E-state index contributed by atoms with van der Waals surface area (Å²) in [6, 6.07) is 14.6. The molecule has 3 aromatic carbocycles. The van der Waals surface area contributed by atoms with Crippen molar-refractivity contribution in [2.24, 2.45) is 5.92 Å². The minimum Gasteiger partial charge on any atom is -0.545 e. The number of nitrogens with one attached hydrogen (secondary N) is 1. The molecule has 308 valence electrons. The van der Waals surface area contributed by atoms with Gasteiger partial charge in [-0.3, -0.25) is 5.21 Å². The first-order chi connectivity index (χ1) is 27.7. The first-order valence-corrected chi connectivity index (χ1v) is 21.1. The number of hydrogen-bond donors (Lipinski definition) is 2. The van der Waals surface area contributed by atoms with Crippen LogP contribution in [0.3, 0.4) is 0 Å². The second kappa shape index (κ2) is 17.4. The molecule has 4 aromatic rings. The Morgan fingerprint density at radius 3 is 2.24 bits per heavy atom. The standard InChI is InChI=1S/C41H41Cl2F2N3O9S/c1-47-26-13-14-27(47)18-28(17-26)56-40(51)38(24-6-3-2-4-7-24)46-58(53,54)36-9-5-8-29(39(49)50)37(36)30(19-31-32(42)20-48(52)21-33(31)43)25-12-15-34(57-41(44)45)35(16-25)55-22-23-10-11-23/h2-9,12,15-16,20-21,23,26-28,30,38,41,46H,10-11,13-14,17-19,22H2,1H3,(H-,49,50,52)/t26?,27?,28?,30-,38?/m0/s1. The Kier molecular flexibility index (Phi) is 12.5. The number of pyridine rings is 1. The largest absolute Gasteiger partial charge is 0.545 e. The lowest BCUT2D eigenvalue weighted by Crippen LogP contribution is -2.45. The van der Waals surface area contributed by atoms with Crippen LogP contribution in [0.25, 0.3) is 0 Å². The average molecular weight is 861 g/mol. The predicted molar refractivity (Wildman–Crippen MR) is 205 cm³/mol. The van der Waals surface area contributed by atoms with Gasteiger partial charge in [-0.25, -0.2) is 13.2 Å². The zero-order valence-corrected chi connectivity index (χ0v) is 33.6. The lowest BCUT2D eigenvalue weighted by Gasteiger charge is -2.36. The van der Waals surface area contributed by atoms with Crippen molar-refractivity contribution in [3.63, 3.8) is 0 Å². The number of aromatic carboxylic acids is 1. The summed E-state index contributed by atoms with van der Waals surface area (Å²) in [4.78, 5) is 28.7. The van der Waals surface area contributed by atoms with Crippen LogP contribution in [0, 0.1) is 5.92 Å². The van der Waals surface area contributed by atoms with Gasteiger partial charge in [0.05, 0.1) is 17.5 Å². The number of rotatable bonds is 16. The maximum atomic E-state index is 14.8. The molecule has 2 N–H and O–H groups in total. The van der Waals surface area contributed by atoms with E-state index in [1.807, 2.05) is 7.05 Å². The lowest BCUT2D eigenvalue weighted by atomic mass is 9.83. The monoisotopic (exact) mass is 859 g/mol. The zero-order valence-electron chi connectivity index (χ0n) is 31.2. The smallest absolute Gasteiger partial charge is 0.387 e. The molecule has 0 spiro atoms. The van der Waals surface area contributed by atoms with Gasteiger partial charge < -0.3 is 29.0 Å². The number of hydrogen-bond acceptors (Lipinski definition) is 10. The summed E-state index contributed by atoms with van der Waals surface area (Å²) in [5.41, 5.74) is -0.128. The Hall–Kier alpha value is -4.54. The number of fused-ring (bicyclic) bond motifs is 2. The number of piperidine rings is 1. The Labute approximate surface area is 344 Å². The highest BCUT2D eigenvalue weighted by Crippen LogP contribution is 2.43. The third-order valence-corrected chi connectivity index (χ3v) is 13.3. The number of carbonyl (C=O) groups excluding carboxylic acids is 2. The Balaban J connectivity index is 1.33. The van der Waals surface area contributed by atoms with Crippen molar-refractivity contribution in [1.29, 1.82) is 0 Å². The molecule has 17 heteroatoms. The van der Waals surface area contributed by atoms with E-state index in [1.54, 1.807) is 30.3 Å². The maximum Gasteiger partial charge on any atom is 0.387 e. The fraction of sp³-hybridized carbons (Fsp3) is 0.390. The highest BCUT2D eigenvalue weighted by Gasteiger charge is 2.41. The van der Waals surface area contributed by atoms with Crippen LogP contribution in [-0.2, 0) is 26.0 Å². The van der Waals surface area contributed by atoms with Gasteiger partial charge in [-0.1, -0.05) is 71.7 Å². The molecule has 3 aliphatic rings. The van der Waals surface area contributed by atoms with Crippen molar-refractivity contribution in [2.45, 2.75) is 86.6 Å². The van der Waals surface area contributed by atoms with Crippen LogP contribution in [0.15, 0.2) is 84.0 Å². The van der Waals surface area contributed by atoms with E-state index in [0.29, 0.717) is 17.6 Å². The van der Waals surface area contributed by atoms with E-state index in [9.17, 15) is 37.1 Å². The van der Waals surface area contributed by atoms with Crippen LogP contribution in [0.4, 0.5) is 8.78 Å². The van der Waals surface area contributed by atoms with E-state index >= 15 is 0 Å². The number of esters is 1. The number of alkyl halides is 2. The molecule has 2 aliphatic heterocycles. The molecule has 4 atom stereocenters. The van der Waals surface area contributed by atoms with Crippen molar-refractivity contribution in [2.75, 3.05) is 13.7 Å². The number of carbonyl (C=O) groups is 2. The van der Waals surface area contributed by atoms with Gasteiger partial charge >= 0.3 is 12.6 Å². The summed E-state index contributed by atoms with van der Waals surface area (Å²) in [7, 11) is -2.79.